The van der Waals surface area contributed by atoms with Gasteiger partial charge in [-0.25, -0.2) is 9.99 Å². The van der Waals surface area contributed by atoms with Crippen molar-refractivity contribution in [1.29, 1.82) is 0 Å². The van der Waals surface area contributed by atoms with Gasteiger partial charge in [0.1, 0.15) is 0 Å². The van der Waals surface area contributed by atoms with Crippen molar-refractivity contribution < 1.29 is 0 Å². The van der Waals surface area contributed by atoms with Crippen LogP contribution in [-0.4, -0.2) is 69.1 Å². The number of piperidine rings is 1. The Labute approximate surface area is 241 Å². The average Bonchev–Trinajstić information content (AvgIpc) is 3.54. The monoisotopic (exact) mass is 564 g/mol. The van der Waals surface area contributed by atoms with E-state index < -0.39 is 0 Å². The first-order valence-electron chi connectivity index (χ1n) is 14.7. The predicted molar refractivity (Wildman–Crippen MR) is 159 cm³/mol. The summed E-state index contributed by atoms with van der Waals surface area (Å²) in [6.07, 6.45) is 9.02. The Morgan fingerprint density at radius 1 is 0.975 bits per heavy atom. The zero-order valence-corrected chi connectivity index (χ0v) is 24.4. The van der Waals surface area contributed by atoms with Crippen LogP contribution in [-0.2, 0) is 7.05 Å². The molecule has 2 aromatic heterocycles. The molecule has 3 aliphatic rings. The normalized spacial score (nSPS) is 29.9. The number of aromatic nitrogens is 4. The van der Waals surface area contributed by atoms with Crippen molar-refractivity contribution in [2.45, 2.75) is 63.2 Å². The van der Waals surface area contributed by atoms with Crippen molar-refractivity contribution in [3.8, 4) is 22.5 Å². The Morgan fingerprint density at radius 3 is 2.65 bits per heavy atom. The zero-order chi connectivity index (χ0) is 27.8. The van der Waals surface area contributed by atoms with Crippen LogP contribution in [0.2, 0.25) is 5.02 Å². The quantitative estimate of drug-likeness (QED) is 0.449. The molecule has 3 aromatic rings. The van der Waals surface area contributed by atoms with E-state index in [4.69, 9.17) is 16.6 Å². The molecule has 214 valence electrons. The molecule has 3 saturated heterocycles. The van der Waals surface area contributed by atoms with Crippen molar-refractivity contribution in [2.24, 2.45) is 18.9 Å². The van der Waals surface area contributed by atoms with Gasteiger partial charge in [0.05, 0.1) is 23.8 Å². The highest BCUT2D eigenvalue weighted by molar-refractivity contribution is 6.31. The molecule has 10 heteroatoms. The second-order valence-corrected chi connectivity index (χ2v) is 12.4. The number of nitrogens with one attached hydrogen (secondary N) is 3. The Balaban J connectivity index is 1.33. The van der Waals surface area contributed by atoms with E-state index in [1.165, 1.54) is 0 Å². The summed E-state index contributed by atoms with van der Waals surface area (Å²) in [7, 11) is 4.07. The summed E-state index contributed by atoms with van der Waals surface area (Å²) in [5.41, 5.74) is 6.71. The first-order valence-corrected chi connectivity index (χ1v) is 15.1. The van der Waals surface area contributed by atoms with Gasteiger partial charge in [-0.05, 0) is 68.8 Å². The Bertz CT molecular complexity index is 1390. The molecule has 2 bridgehead atoms. The van der Waals surface area contributed by atoms with Crippen LogP contribution in [0.4, 0.5) is 0 Å². The van der Waals surface area contributed by atoms with Crippen molar-refractivity contribution in [3.05, 3.63) is 58.2 Å². The SMILES string of the molecule is C[C@@H]1CCC[C@H](n2cnc(-c3cc(Cl)ccc3-c3ccn(C)n3)cc2=O)C2CC(CCN2)C2C(CNN2C)NC1. The van der Waals surface area contributed by atoms with E-state index in [9.17, 15) is 4.79 Å². The largest absolute Gasteiger partial charge is 0.312 e. The van der Waals surface area contributed by atoms with Crippen molar-refractivity contribution in [2.75, 3.05) is 26.7 Å². The maximum atomic E-state index is 13.8. The second-order valence-electron chi connectivity index (χ2n) is 12.0. The summed E-state index contributed by atoms with van der Waals surface area (Å²) in [6, 6.07) is 10.5. The predicted octanol–water partition coefficient (Wildman–Crippen LogP) is 3.47. The van der Waals surface area contributed by atoms with Crippen LogP contribution in [0.15, 0.2) is 47.7 Å². The summed E-state index contributed by atoms with van der Waals surface area (Å²) in [5, 5.41) is 15.2. The van der Waals surface area contributed by atoms with Crippen molar-refractivity contribution in [3.63, 3.8) is 0 Å². The van der Waals surface area contributed by atoms with Crippen molar-refractivity contribution in [1.82, 2.24) is 40.4 Å². The number of benzene rings is 1. The van der Waals surface area contributed by atoms with Gasteiger partial charge in [-0.15, -0.1) is 0 Å². The summed E-state index contributed by atoms with van der Waals surface area (Å²) < 4.78 is 3.66. The lowest BCUT2D eigenvalue weighted by Gasteiger charge is -2.42. The number of likely N-dealkylation sites (N-methyl/N-ethyl adjacent to an activating group) is 1. The smallest absolute Gasteiger partial charge is 0.254 e. The van der Waals surface area contributed by atoms with E-state index in [2.05, 4.69) is 40.1 Å². The summed E-state index contributed by atoms with van der Waals surface area (Å²) >= 11 is 6.40. The van der Waals surface area contributed by atoms with Gasteiger partial charge in [-0.1, -0.05) is 31.0 Å². The average molecular weight is 565 g/mol. The second kappa shape index (κ2) is 11.7. The zero-order valence-electron chi connectivity index (χ0n) is 23.7. The summed E-state index contributed by atoms with van der Waals surface area (Å²) in [6.45, 7) is 5.31. The molecule has 0 saturated carbocycles. The van der Waals surface area contributed by atoms with Gasteiger partial charge < -0.3 is 10.6 Å². The molecular weight excluding hydrogens is 524 g/mol. The molecule has 3 fully saturated rings. The third-order valence-corrected chi connectivity index (χ3v) is 9.45. The van der Waals surface area contributed by atoms with Gasteiger partial charge in [0.15, 0.2) is 0 Å². The fourth-order valence-corrected chi connectivity index (χ4v) is 7.31. The van der Waals surface area contributed by atoms with E-state index in [-0.39, 0.29) is 17.6 Å². The molecule has 4 unspecified atom stereocenters. The number of nitrogens with zero attached hydrogens (tertiary/aromatic N) is 5. The lowest BCUT2D eigenvalue weighted by molar-refractivity contribution is 0.108. The molecular formula is C30H41ClN8O. The Hall–Kier alpha value is -2.56. The van der Waals surface area contributed by atoms with Crippen LogP contribution in [0.25, 0.3) is 22.5 Å². The maximum absolute atomic E-state index is 13.8. The number of halogens is 1. The number of hydrogen-bond acceptors (Lipinski definition) is 7. The van der Waals surface area contributed by atoms with E-state index in [1.54, 1.807) is 17.1 Å². The first kappa shape index (κ1) is 27.6. The highest BCUT2D eigenvalue weighted by Crippen LogP contribution is 2.35. The molecule has 1 aromatic carbocycles. The minimum Gasteiger partial charge on any atom is -0.312 e. The van der Waals surface area contributed by atoms with Crippen LogP contribution in [0.3, 0.4) is 0 Å². The molecule has 9 nitrogen and oxygen atoms in total. The van der Waals surface area contributed by atoms with E-state index in [1.807, 2.05) is 42.1 Å². The minimum atomic E-state index is -0.0230. The highest BCUT2D eigenvalue weighted by Gasteiger charge is 2.41. The van der Waals surface area contributed by atoms with Gasteiger partial charge in [0.2, 0.25) is 0 Å². The van der Waals surface area contributed by atoms with Crippen LogP contribution in [0.1, 0.15) is 45.1 Å². The minimum absolute atomic E-state index is 0.0230. The van der Waals surface area contributed by atoms with Crippen LogP contribution < -0.4 is 21.6 Å². The molecule has 0 radical (unpaired) electrons. The lowest BCUT2D eigenvalue weighted by atomic mass is 9.80. The molecule has 0 aliphatic carbocycles. The van der Waals surface area contributed by atoms with Gasteiger partial charge in [-0.2, -0.15) is 5.10 Å². The Kier molecular flexibility index (Phi) is 8.10. The lowest BCUT2D eigenvalue weighted by Crippen LogP contribution is -2.54. The van der Waals surface area contributed by atoms with Gasteiger partial charge in [0, 0.05) is 67.2 Å². The number of aryl methyl sites for hydroxylation is 1. The maximum Gasteiger partial charge on any atom is 0.254 e. The van der Waals surface area contributed by atoms with Gasteiger partial charge in [-0.3, -0.25) is 19.5 Å². The van der Waals surface area contributed by atoms with Crippen LogP contribution in [0, 0.1) is 11.8 Å². The van der Waals surface area contributed by atoms with Gasteiger partial charge in [0.25, 0.3) is 5.56 Å². The van der Waals surface area contributed by atoms with Crippen LogP contribution in [0.5, 0.6) is 0 Å². The standard InChI is InChI=1S/C30H41ClN8O/c1-19-5-4-6-28(26-13-20(9-11-32-26)30-27(33-16-19)17-35-38(30)3)39-18-34-25(15-29(39)40)23-14-21(31)7-8-22(23)24-10-12-37(2)36-24/h7-8,10,12,14-15,18-20,26-28,30,32-33,35H,4-6,9,11,13,16-17H2,1-3H3/t19-,20?,26?,27?,28+,30?/m1/s1. The third-order valence-electron chi connectivity index (χ3n) is 9.21. The molecule has 6 atom stereocenters. The number of rotatable bonds is 3. The molecule has 40 heavy (non-hydrogen) atoms. The number of fused-ring (bicyclic) bond motifs is 4. The molecule has 6 rings (SSSR count). The topological polar surface area (TPSA) is 92.0 Å². The van der Waals surface area contributed by atoms with E-state index in [0.29, 0.717) is 34.6 Å². The molecule has 0 spiro atoms. The first-order chi connectivity index (χ1) is 19.4. The van der Waals surface area contributed by atoms with Crippen molar-refractivity contribution >= 4 is 11.6 Å². The molecule has 0 amide bonds. The Morgan fingerprint density at radius 2 is 1.85 bits per heavy atom. The van der Waals surface area contributed by atoms with Gasteiger partial charge >= 0.3 is 0 Å². The fourth-order valence-electron chi connectivity index (χ4n) is 7.14. The van der Waals surface area contributed by atoms with Crippen LogP contribution >= 0.6 is 11.6 Å². The molecule has 3 aliphatic heterocycles. The van der Waals surface area contributed by atoms with E-state index in [0.717, 1.165) is 68.6 Å². The van der Waals surface area contributed by atoms with E-state index >= 15 is 0 Å². The fraction of sp³-hybridized carbons (Fsp3) is 0.567. The number of hydrazine groups is 1. The number of hydrogen-bond donors (Lipinski definition) is 3. The third kappa shape index (κ3) is 5.63. The molecule has 5 heterocycles. The highest BCUT2D eigenvalue weighted by atomic mass is 35.5. The molecule has 3 N–H and O–H groups in total. The summed E-state index contributed by atoms with van der Waals surface area (Å²) in [5.74, 6) is 1.14. The summed E-state index contributed by atoms with van der Waals surface area (Å²) in [4.78, 5) is 18.6.